The Balaban J connectivity index is 2.05. The van der Waals surface area contributed by atoms with Crippen LogP contribution >= 0.6 is 0 Å². The number of guanidine groups is 1. The second kappa shape index (κ2) is 7.57. The molecule has 0 spiro atoms. The van der Waals surface area contributed by atoms with Crippen LogP contribution in [0, 0.1) is 0 Å². The Morgan fingerprint density at radius 2 is 2.12 bits per heavy atom. The minimum atomic E-state index is -3.19. The van der Waals surface area contributed by atoms with Crippen molar-refractivity contribution in [2.75, 3.05) is 40.1 Å². The lowest BCUT2D eigenvalue weighted by Gasteiger charge is -2.36. The van der Waals surface area contributed by atoms with E-state index in [1.54, 1.807) is 7.05 Å². The summed E-state index contributed by atoms with van der Waals surface area (Å²) in [4.78, 5) is 6.28. The Hall–Kier alpha value is -1.54. The van der Waals surface area contributed by atoms with Crippen molar-refractivity contribution in [1.82, 2.24) is 14.8 Å². The Kier molecular flexibility index (Phi) is 5.92. The Labute approximate surface area is 144 Å². The van der Waals surface area contributed by atoms with Gasteiger partial charge in [-0.05, 0) is 25.0 Å². The Bertz CT molecular complexity index is 675. The first-order chi connectivity index (χ1) is 11.3. The van der Waals surface area contributed by atoms with E-state index in [-0.39, 0.29) is 0 Å². The van der Waals surface area contributed by atoms with Crippen molar-refractivity contribution in [2.45, 2.75) is 24.1 Å². The average molecular weight is 356 g/mol. The number of hydrogen-bond acceptors (Lipinski definition) is 4. The second-order valence-corrected chi connectivity index (χ2v) is 8.85. The van der Waals surface area contributed by atoms with Crippen molar-refractivity contribution in [3.63, 3.8) is 0 Å². The maximum atomic E-state index is 12.3. The SMILES string of the molecule is CN=C(NCC1(S(C)(=O)=O)CCOCC1)N(C)Cc1cccn1C. The molecule has 1 fully saturated rings. The van der Waals surface area contributed by atoms with Crippen LogP contribution in [0.3, 0.4) is 0 Å². The molecule has 0 bridgehead atoms. The molecule has 24 heavy (non-hydrogen) atoms. The van der Waals surface area contributed by atoms with E-state index in [1.165, 1.54) is 6.26 Å². The summed E-state index contributed by atoms with van der Waals surface area (Å²) < 4.78 is 31.3. The lowest BCUT2D eigenvalue weighted by Crippen LogP contribution is -2.53. The first-order valence-corrected chi connectivity index (χ1v) is 9.97. The van der Waals surface area contributed by atoms with Crippen molar-refractivity contribution in [1.29, 1.82) is 0 Å². The summed E-state index contributed by atoms with van der Waals surface area (Å²) in [5.74, 6) is 0.686. The zero-order valence-electron chi connectivity index (χ0n) is 14.9. The van der Waals surface area contributed by atoms with Gasteiger partial charge < -0.3 is 19.5 Å². The Morgan fingerprint density at radius 3 is 2.62 bits per heavy atom. The molecular formula is C16H28N4O3S. The van der Waals surface area contributed by atoms with Crippen LogP contribution in [0.15, 0.2) is 23.3 Å². The van der Waals surface area contributed by atoms with E-state index in [1.807, 2.05) is 31.3 Å². The molecule has 0 atom stereocenters. The molecule has 1 N–H and O–H groups in total. The first kappa shape index (κ1) is 18.8. The van der Waals surface area contributed by atoms with Gasteiger partial charge in [0, 0.05) is 59.0 Å². The highest BCUT2D eigenvalue weighted by molar-refractivity contribution is 7.92. The van der Waals surface area contributed by atoms with Gasteiger partial charge in [0.15, 0.2) is 15.8 Å². The van der Waals surface area contributed by atoms with Crippen LogP contribution in [0.1, 0.15) is 18.5 Å². The number of sulfone groups is 1. The van der Waals surface area contributed by atoms with E-state index in [2.05, 4.69) is 20.9 Å². The summed E-state index contributed by atoms with van der Waals surface area (Å²) in [5, 5.41) is 3.25. The molecule has 0 radical (unpaired) electrons. The monoisotopic (exact) mass is 356 g/mol. The molecule has 1 aliphatic heterocycles. The number of rotatable bonds is 5. The molecule has 0 aromatic carbocycles. The zero-order valence-corrected chi connectivity index (χ0v) is 15.8. The quantitative estimate of drug-likeness (QED) is 0.618. The molecule has 1 aliphatic rings. The molecule has 8 heteroatoms. The fraction of sp³-hybridized carbons (Fsp3) is 0.688. The van der Waals surface area contributed by atoms with Crippen LogP contribution in [0.2, 0.25) is 0 Å². The minimum absolute atomic E-state index is 0.347. The summed E-state index contributed by atoms with van der Waals surface area (Å²) in [6.45, 7) is 2.00. The summed E-state index contributed by atoms with van der Waals surface area (Å²) in [6, 6.07) is 4.06. The fourth-order valence-corrected chi connectivity index (χ4v) is 4.27. The summed E-state index contributed by atoms with van der Waals surface area (Å²) >= 11 is 0. The topological polar surface area (TPSA) is 75.9 Å². The molecule has 1 saturated heterocycles. The van der Waals surface area contributed by atoms with Gasteiger partial charge in [-0.3, -0.25) is 4.99 Å². The normalized spacial score (nSPS) is 18.4. The van der Waals surface area contributed by atoms with Gasteiger partial charge in [0.05, 0.1) is 11.3 Å². The van der Waals surface area contributed by atoms with E-state index in [4.69, 9.17) is 4.74 Å². The highest BCUT2D eigenvalue weighted by atomic mass is 32.2. The number of nitrogens with zero attached hydrogens (tertiary/aromatic N) is 3. The van der Waals surface area contributed by atoms with Crippen LogP contribution in [0.5, 0.6) is 0 Å². The summed E-state index contributed by atoms with van der Waals surface area (Å²) in [5.41, 5.74) is 1.16. The lowest BCUT2D eigenvalue weighted by atomic mass is 9.99. The number of hydrogen-bond donors (Lipinski definition) is 1. The third-order valence-corrected chi connectivity index (χ3v) is 6.91. The smallest absolute Gasteiger partial charge is 0.193 e. The van der Waals surface area contributed by atoms with Gasteiger partial charge in [0.25, 0.3) is 0 Å². The fourth-order valence-electron chi connectivity index (χ4n) is 3.03. The second-order valence-electron chi connectivity index (χ2n) is 6.43. The number of aliphatic imine (C=N–C) groups is 1. The highest BCUT2D eigenvalue weighted by Gasteiger charge is 2.42. The highest BCUT2D eigenvalue weighted by Crippen LogP contribution is 2.28. The van der Waals surface area contributed by atoms with Gasteiger partial charge in [-0.15, -0.1) is 0 Å². The van der Waals surface area contributed by atoms with Gasteiger partial charge in [0.2, 0.25) is 0 Å². The van der Waals surface area contributed by atoms with Crippen molar-refractivity contribution in [3.05, 3.63) is 24.0 Å². The van der Waals surface area contributed by atoms with Crippen molar-refractivity contribution < 1.29 is 13.2 Å². The van der Waals surface area contributed by atoms with E-state index < -0.39 is 14.6 Å². The number of ether oxygens (including phenoxy) is 1. The molecular weight excluding hydrogens is 328 g/mol. The molecule has 2 rings (SSSR count). The van der Waals surface area contributed by atoms with Crippen LogP contribution in [0.4, 0.5) is 0 Å². The van der Waals surface area contributed by atoms with Crippen LogP contribution < -0.4 is 5.32 Å². The zero-order chi connectivity index (χ0) is 17.8. The third-order valence-electron chi connectivity index (χ3n) is 4.78. The average Bonchev–Trinajstić information content (AvgIpc) is 2.93. The van der Waals surface area contributed by atoms with E-state index >= 15 is 0 Å². The maximum absolute atomic E-state index is 12.3. The molecule has 7 nitrogen and oxygen atoms in total. The van der Waals surface area contributed by atoms with Gasteiger partial charge in [-0.25, -0.2) is 8.42 Å². The molecule has 1 aromatic rings. The van der Waals surface area contributed by atoms with E-state index in [0.717, 1.165) is 5.69 Å². The number of nitrogens with one attached hydrogen (secondary N) is 1. The van der Waals surface area contributed by atoms with Crippen LogP contribution in [0.25, 0.3) is 0 Å². The summed E-state index contributed by atoms with van der Waals surface area (Å²) in [6.07, 6.45) is 4.34. The van der Waals surface area contributed by atoms with Crippen LogP contribution in [-0.2, 0) is 28.2 Å². The maximum Gasteiger partial charge on any atom is 0.193 e. The third kappa shape index (κ3) is 4.10. The van der Waals surface area contributed by atoms with Gasteiger partial charge in [0.1, 0.15) is 0 Å². The van der Waals surface area contributed by atoms with Gasteiger partial charge in [-0.1, -0.05) is 0 Å². The minimum Gasteiger partial charge on any atom is -0.381 e. The predicted octanol–water partition coefficient (Wildman–Crippen LogP) is 0.626. The number of aryl methyl sites for hydroxylation is 1. The molecule has 0 unspecified atom stereocenters. The molecule has 0 amide bonds. The van der Waals surface area contributed by atoms with Crippen molar-refractivity contribution >= 4 is 15.8 Å². The predicted molar refractivity (Wildman–Crippen MR) is 95.9 cm³/mol. The Morgan fingerprint density at radius 1 is 1.46 bits per heavy atom. The first-order valence-electron chi connectivity index (χ1n) is 8.08. The molecule has 0 aliphatic carbocycles. The van der Waals surface area contributed by atoms with Crippen LogP contribution in [-0.4, -0.2) is 68.7 Å². The van der Waals surface area contributed by atoms with Crippen molar-refractivity contribution in [3.8, 4) is 0 Å². The van der Waals surface area contributed by atoms with Crippen molar-refractivity contribution in [2.24, 2.45) is 12.0 Å². The summed E-state index contributed by atoms with van der Waals surface area (Å²) in [7, 11) is 2.46. The standard InChI is InChI=1S/C16H28N4O3S/c1-17-15(20(3)12-14-6-5-9-19(14)2)18-13-16(24(4,21)22)7-10-23-11-8-16/h5-6,9H,7-8,10-13H2,1-4H3,(H,17,18). The number of aromatic nitrogens is 1. The molecule has 0 saturated carbocycles. The van der Waals surface area contributed by atoms with E-state index in [0.29, 0.717) is 45.1 Å². The van der Waals surface area contributed by atoms with E-state index in [9.17, 15) is 8.42 Å². The lowest BCUT2D eigenvalue weighted by molar-refractivity contribution is 0.0754. The van der Waals surface area contributed by atoms with Gasteiger partial charge in [-0.2, -0.15) is 0 Å². The van der Waals surface area contributed by atoms with Gasteiger partial charge >= 0.3 is 0 Å². The largest absolute Gasteiger partial charge is 0.381 e. The molecule has 2 heterocycles. The molecule has 136 valence electrons. The molecule has 1 aromatic heterocycles.